The van der Waals surface area contributed by atoms with E-state index < -0.39 is 11.7 Å². The number of aromatic nitrogens is 1. The van der Waals surface area contributed by atoms with Gasteiger partial charge in [0.2, 0.25) is 0 Å². The molecule has 0 aliphatic carbocycles. The maximum atomic E-state index is 14.0. The predicted octanol–water partition coefficient (Wildman–Crippen LogP) is 5.26. The van der Waals surface area contributed by atoms with Crippen molar-refractivity contribution < 1.29 is 23.5 Å². The van der Waals surface area contributed by atoms with Crippen molar-refractivity contribution in [2.45, 2.75) is 23.1 Å². The molecule has 1 aromatic heterocycles. The number of cyclic esters (lactones) is 1. The van der Waals surface area contributed by atoms with Crippen molar-refractivity contribution in [1.29, 1.82) is 0 Å². The van der Waals surface area contributed by atoms with Crippen LogP contribution in [-0.4, -0.2) is 34.6 Å². The molecule has 0 bridgehead atoms. The van der Waals surface area contributed by atoms with E-state index in [1.165, 1.54) is 24.0 Å². The number of nitrogens with two attached hydrogens (primary N) is 1. The second-order valence-electron chi connectivity index (χ2n) is 9.01. The number of thioether (sulfide) groups is 1. The number of hydrogen-bond acceptors (Lipinski definition) is 7. The highest BCUT2D eigenvalue weighted by Gasteiger charge is 2.27. The lowest BCUT2D eigenvalue weighted by Gasteiger charge is -2.13. The average molecular weight is 557 g/mol. The number of esters is 1. The minimum atomic E-state index is -0.640. The first-order chi connectivity index (χ1) is 19.4. The number of carbonyl (C=O) groups excluding carboxylic acids is 3. The van der Waals surface area contributed by atoms with Gasteiger partial charge in [0.15, 0.2) is 5.82 Å². The molecular weight excluding hydrogens is 531 g/mol. The van der Waals surface area contributed by atoms with E-state index in [9.17, 15) is 18.8 Å². The Bertz CT molecular complexity index is 1600. The van der Waals surface area contributed by atoms with Crippen LogP contribution in [0.5, 0.6) is 0 Å². The maximum Gasteiger partial charge on any atom is 0.319 e. The molecule has 4 aromatic rings. The molecule has 0 spiro atoms. The number of carbonyl (C=O) groups is 3. The third kappa shape index (κ3) is 6.19. The highest BCUT2D eigenvalue weighted by molar-refractivity contribution is 8.00. The molecule has 0 saturated carbocycles. The summed E-state index contributed by atoms with van der Waals surface area (Å²) in [6.07, 6.45) is 3.07. The number of anilines is 2. The van der Waals surface area contributed by atoms with Crippen LogP contribution in [0, 0.1) is 5.82 Å². The molecule has 1 unspecified atom stereocenters. The zero-order chi connectivity index (χ0) is 28.1. The fourth-order valence-electron chi connectivity index (χ4n) is 4.26. The van der Waals surface area contributed by atoms with Crippen molar-refractivity contribution >= 4 is 40.9 Å². The van der Waals surface area contributed by atoms with Crippen LogP contribution in [0.4, 0.5) is 15.8 Å². The molecule has 8 nitrogen and oxygen atoms in total. The molecule has 2 amide bonds. The summed E-state index contributed by atoms with van der Waals surface area (Å²) in [5.41, 5.74) is 9.46. The first-order valence-electron chi connectivity index (χ1n) is 12.5. The lowest BCUT2D eigenvalue weighted by Crippen LogP contribution is -2.14. The van der Waals surface area contributed by atoms with E-state index in [4.69, 9.17) is 10.5 Å². The summed E-state index contributed by atoms with van der Waals surface area (Å²) in [4.78, 5) is 42.4. The first kappa shape index (κ1) is 27.0. The summed E-state index contributed by atoms with van der Waals surface area (Å²) in [5.74, 6) is -1.68. The Kier molecular flexibility index (Phi) is 8.18. The molecule has 1 saturated heterocycles. The van der Waals surface area contributed by atoms with E-state index in [2.05, 4.69) is 15.6 Å². The normalized spacial score (nSPS) is 14.4. The predicted molar refractivity (Wildman–Crippen MR) is 152 cm³/mol. The Morgan fingerprint density at radius 2 is 1.80 bits per heavy atom. The van der Waals surface area contributed by atoms with Crippen molar-refractivity contribution in [1.82, 2.24) is 4.98 Å². The zero-order valence-corrected chi connectivity index (χ0v) is 22.0. The number of ether oxygens (including phenoxy) is 1. The number of amides is 2. The lowest BCUT2D eigenvalue weighted by atomic mass is 9.95. The smallest absolute Gasteiger partial charge is 0.319 e. The van der Waals surface area contributed by atoms with Crippen LogP contribution in [-0.2, 0) is 16.1 Å². The van der Waals surface area contributed by atoms with E-state index >= 15 is 0 Å². The summed E-state index contributed by atoms with van der Waals surface area (Å²) in [5, 5.41) is 5.21. The standard InChI is InChI=1S/C30H25FN4O4S/c31-25-17-33-11-9-26(25)35-29(37)20-7-8-21(16-32)24(14-20)18-3-1-4-19(13-18)28(36)34-22-5-2-6-23(15-22)40-27-10-12-39-30(27)38/h1-9,11,13-15,17,27H,10,12,16,32H2,(H,34,36)(H,33,35,37). The van der Waals surface area contributed by atoms with Crippen LogP contribution < -0.4 is 16.4 Å². The van der Waals surface area contributed by atoms with Gasteiger partial charge in [0.25, 0.3) is 11.8 Å². The first-order valence-corrected chi connectivity index (χ1v) is 13.4. The third-order valence-electron chi connectivity index (χ3n) is 6.31. The van der Waals surface area contributed by atoms with Crippen LogP contribution in [0.2, 0.25) is 0 Å². The van der Waals surface area contributed by atoms with Crippen molar-refractivity contribution in [3.8, 4) is 11.1 Å². The highest BCUT2D eigenvalue weighted by atomic mass is 32.2. The Morgan fingerprint density at radius 3 is 2.58 bits per heavy atom. The molecule has 202 valence electrons. The minimum Gasteiger partial charge on any atom is -0.465 e. The molecule has 10 heteroatoms. The van der Waals surface area contributed by atoms with E-state index in [1.807, 2.05) is 24.3 Å². The highest BCUT2D eigenvalue weighted by Crippen LogP contribution is 2.31. The van der Waals surface area contributed by atoms with Gasteiger partial charge in [-0.2, -0.15) is 0 Å². The van der Waals surface area contributed by atoms with Crippen LogP contribution in [0.15, 0.2) is 90.1 Å². The number of pyridine rings is 1. The van der Waals surface area contributed by atoms with E-state index in [0.717, 1.165) is 16.7 Å². The monoisotopic (exact) mass is 556 g/mol. The number of halogens is 1. The average Bonchev–Trinajstić information content (AvgIpc) is 3.37. The van der Waals surface area contributed by atoms with Gasteiger partial charge in [-0.05, 0) is 65.2 Å². The summed E-state index contributed by atoms with van der Waals surface area (Å²) >= 11 is 1.41. The topological polar surface area (TPSA) is 123 Å². The van der Waals surface area contributed by atoms with Crippen LogP contribution in [0.25, 0.3) is 11.1 Å². The molecule has 5 rings (SSSR count). The summed E-state index contributed by atoms with van der Waals surface area (Å²) in [6.45, 7) is 0.637. The molecule has 2 heterocycles. The van der Waals surface area contributed by atoms with Crippen molar-refractivity contribution in [3.05, 3.63) is 108 Å². The molecule has 3 aromatic carbocycles. The van der Waals surface area contributed by atoms with Gasteiger partial charge in [-0.15, -0.1) is 11.8 Å². The van der Waals surface area contributed by atoms with Crippen LogP contribution >= 0.6 is 11.8 Å². The van der Waals surface area contributed by atoms with Crippen molar-refractivity contribution in [2.75, 3.05) is 17.2 Å². The van der Waals surface area contributed by atoms with Crippen LogP contribution in [0.1, 0.15) is 32.7 Å². The number of nitrogens with one attached hydrogen (secondary N) is 2. The Balaban J connectivity index is 1.35. The molecule has 0 radical (unpaired) electrons. The van der Waals surface area contributed by atoms with Gasteiger partial charge >= 0.3 is 5.97 Å². The Hall–Kier alpha value is -4.54. The second kappa shape index (κ2) is 12.1. The van der Waals surface area contributed by atoms with E-state index in [1.54, 1.807) is 42.5 Å². The number of nitrogens with zero attached hydrogens (tertiary/aromatic N) is 1. The summed E-state index contributed by atoms with van der Waals surface area (Å²) in [7, 11) is 0. The summed E-state index contributed by atoms with van der Waals surface area (Å²) < 4.78 is 19.0. The third-order valence-corrected chi connectivity index (χ3v) is 7.54. The fraction of sp³-hybridized carbons (Fsp3) is 0.133. The van der Waals surface area contributed by atoms with Crippen molar-refractivity contribution in [2.24, 2.45) is 5.73 Å². The van der Waals surface area contributed by atoms with E-state index in [0.29, 0.717) is 41.0 Å². The molecule has 1 aliphatic rings. The molecule has 4 N–H and O–H groups in total. The van der Waals surface area contributed by atoms with Crippen LogP contribution in [0.3, 0.4) is 0 Å². The SMILES string of the molecule is NCc1ccc(C(=O)Nc2ccncc2F)cc1-c1cccc(C(=O)Nc2cccc(SC3CCOC3=O)c2)c1. The minimum absolute atomic E-state index is 0.0220. The largest absolute Gasteiger partial charge is 0.465 e. The number of rotatable bonds is 8. The molecular formula is C30H25FN4O4S. The molecule has 1 atom stereocenters. The zero-order valence-electron chi connectivity index (χ0n) is 21.2. The van der Waals surface area contributed by atoms with Gasteiger partial charge in [0.1, 0.15) is 5.25 Å². The second-order valence-corrected chi connectivity index (χ2v) is 10.3. The molecule has 1 fully saturated rings. The van der Waals surface area contributed by atoms with Gasteiger partial charge in [-0.25, -0.2) is 4.39 Å². The number of hydrogen-bond donors (Lipinski definition) is 3. The van der Waals surface area contributed by atoms with E-state index in [-0.39, 0.29) is 29.4 Å². The Morgan fingerprint density at radius 1 is 1.00 bits per heavy atom. The Labute approximate surface area is 234 Å². The van der Waals surface area contributed by atoms with Gasteiger partial charge in [-0.3, -0.25) is 19.4 Å². The lowest BCUT2D eigenvalue weighted by molar-refractivity contribution is -0.137. The van der Waals surface area contributed by atoms with Gasteiger partial charge in [0, 0.05) is 40.9 Å². The number of benzene rings is 3. The molecule has 1 aliphatic heterocycles. The van der Waals surface area contributed by atoms with Gasteiger partial charge < -0.3 is 21.1 Å². The maximum absolute atomic E-state index is 14.0. The van der Waals surface area contributed by atoms with Gasteiger partial charge in [-0.1, -0.05) is 24.3 Å². The van der Waals surface area contributed by atoms with Crippen molar-refractivity contribution in [3.63, 3.8) is 0 Å². The van der Waals surface area contributed by atoms with Gasteiger partial charge in [0.05, 0.1) is 18.5 Å². The quantitative estimate of drug-likeness (QED) is 0.253. The summed E-state index contributed by atoms with van der Waals surface area (Å²) in [6, 6.07) is 20.7. The fourth-order valence-corrected chi connectivity index (χ4v) is 5.32. The molecule has 40 heavy (non-hydrogen) atoms.